The minimum absolute atomic E-state index is 0.389. The van der Waals surface area contributed by atoms with Crippen molar-refractivity contribution >= 4 is 28.9 Å². The first-order chi connectivity index (χ1) is 8.58. The van der Waals surface area contributed by atoms with E-state index in [0.29, 0.717) is 16.7 Å². The Bertz CT molecular complexity index is 570. The van der Waals surface area contributed by atoms with E-state index in [1.54, 1.807) is 12.1 Å². The van der Waals surface area contributed by atoms with E-state index in [1.807, 2.05) is 31.2 Å². The van der Waals surface area contributed by atoms with Crippen molar-refractivity contribution in [1.82, 2.24) is 0 Å². The molecule has 0 saturated carbocycles. The van der Waals surface area contributed by atoms with E-state index in [4.69, 9.17) is 33.7 Å². The van der Waals surface area contributed by atoms with E-state index in [1.165, 1.54) is 0 Å². The van der Waals surface area contributed by atoms with Crippen LogP contribution in [0.2, 0.25) is 10.0 Å². The first-order valence-corrected chi connectivity index (χ1v) is 6.25. The average Bonchev–Trinajstić information content (AvgIpc) is 2.33. The SMILES string of the molecule is Cc1c(N)cccc1OCc1ccc(Cl)cc1Cl. The molecule has 0 aliphatic rings. The van der Waals surface area contributed by atoms with Gasteiger partial charge in [-0.25, -0.2) is 0 Å². The Morgan fingerprint density at radius 1 is 1.17 bits per heavy atom. The Labute approximate surface area is 116 Å². The van der Waals surface area contributed by atoms with Crippen molar-refractivity contribution in [3.05, 3.63) is 57.6 Å². The third kappa shape index (κ3) is 2.89. The van der Waals surface area contributed by atoms with Crippen molar-refractivity contribution in [3.8, 4) is 5.75 Å². The summed E-state index contributed by atoms with van der Waals surface area (Å²) < 4.78 is 5.72. The van der Waals surface area contributed by atoms with Crippen molar-refractivity contribution < 1.29 is 4.74 Å². The van der Waals surface area contributed by atoms with E-state index in [9.17, 15) is 0 Å². The van der Waals surface area contributed by atoms with Crippen LogP contribution in [0.1, 0.15) is 11.1 Å². The molecule has 2 rings (SSSR count). The second-order valence-electron chi connectivity index (χ2n) is 3.99. The molecule has 0 atom stereocenters. The summed E-state index contributed by atoms with van der Waals surface area (Å²) >= 11 is 11.9. The lowest BCUT2D eigenvalue weighted by Gasteiger charge is -2.11. The number of nitrogens with two attached hydrogens (primary N) is 1. The van der Waals surface area contributed by atoms with Gasteiger partial charge in [0.15, 0.2) is 0 Å². The molecule has 18 heavy (non-hydrogen) atoms. The van der Waals surface area contributed by atoms with E-state index >= 15 is 0 Å². The Morgan fingerprint density at radius 3 is 2.67 bits per heavy atom. The lowest BCUT2D eigenvalue weighted by atomic mass is 10.2. The van der Waals surface area contributed by atoms with Crippen molar-refractivity contribution in [2.75, 3.05) is 5.73 Å². The van der Waals surface area contributed by atoms with Crippen LogP contribution in [0.5, 0.6) is 5.75 Å². The zero-order valence-corrected chi connectivity index (χ0v) is 11.4. The van der Waals surface area contributed by atoms with E-state index in [0.717, 1.165) is 22.6 Å². The summed E-state index contributed by atoms with van der Waals surface area (Å²) in [6, 6.07) is 10.9. The molecule has 0 bridgehead atoms. The van der Waals surface area contributed by atoms with E-state index < -0.39 is 0 Å². The maximum atomic E-state index is 6.08. The molecule has 2 aromatic carbocycles. The van der Waals surface area contributed by atoms with Gasteiger partial charge in [-0.2, -0.15) is 0 Å². The highest BCUT2D eigenvalue weighted by molar-refractivity contribution is 6.35. The van der Waals surface area contributed by atoms with Crippen LogP contribution in [-0.4, -0.2) is 0 Å². The van der Waals surface area contributed by atoms with Crippen LogP contribution in [0.25, 0.3) is 0 Å². The first-order valence-electron chi connectivity index (χ1n) is 5.50. The summed E-state index contributed by atoms with van der Waals surface area (Å²) in [5.41, 5.74) is 8.36. The fraction of sp³-hybridized carbons (Fsp3) is 0.143. The fourth-order valence-corrected chi connectivity index (χ4v) is 2.05. The molecule has 4 heteroatoms. The van der Waals surface area contributed by atoms with Crippen molar-refractivity contribution in [3.63, 3.8) is 0 Å². The smallest absolute Gasteiger partial charge is 0.124 e. The zero-order valence-electron chi connectivity index (χ0n) is 9.91. The van der Waals surface area contributed by atoms with Gasteiger partial charge in [0, 0.05) is 26.9 Å². The van der Waals surface area contributed by atoms with Gasteiger partial charge in [-0.1, -0.05) is 35.3 Å². The molecule has 0 spiro atoms. The van der Waals surface area contributed by atoms with E-state index in [2.05, 4.69) is 0 Å². The number of hydrogen-bond acceptors (Lipinski definition) is 2. The molecule has 0 radical (unpaired) electrons. The molecular formula is C14H13Cl2NO. The van der Waals surface area contributed by atoms with Crippen molar-refractivity contribution in [2.45, 2.75) is 13.5 Å². The normalized spacial score (nSPS) is 10.4. The zero-order chi connectivity index (χ0) is 13.1. The summed E-state index contributed by atoms with van der Waals surface area (Å²) in [4.78, 5) is 0. The van der Waals surface area contributed by atoms with Gasteiger partial charge in [-0.15, -0.1) is 0 Å². The quantitative estimate of drug-likeness (QED) is 0.843. The number of rotatable bonds is 3. The van der Waals surface area contributed by atoms with Gasteiger partial charge in [-0.3, -0.25) is 0 Å². The maximum Gasteiger partial charge on any atom is 0.124 e. The summed E-state index contributed by atoms with van der Waals surface area (Å²) in [6.07, 6.45) is 0. The number of hydrogen-bond donors (Lipinski definition) is 1. The molecular weight excluding hydrogens is 269 g/mol. The molecule has 2 nitrogen and oxygen atoms in total. The van der Waals surface area contributed by atoms with Gasteiger partial charge in [0.05, 0.1) is 0 Å². The highest BCUT2D eigenvalue weighted by Gasteiger charge is 2.05. The van der Waals surface area contributed by atoms with E-state index in [-0.39, 0.29) is 0 Å². The van der Waals surface area contributed by atoms with Gasteiger partial charge in [-0.05, 0) is 31.2 Å². The van der Waals surface area contributed by atoms with Crippen molar-refractivity contribution in [1.29, 1.82) is 0 Å². The summed E-state index contributed by atoms with van der Waals surface area (Å²) in [5.74, 6) is 0.765. The molecule has 94 valence electrons. The average molecular weight is 282 g/mol. The Balaban J connectivity index is 2.14. The van der Waals surface area contributed by atoms with Gasteiger partial charge < -0.3 is 10.5 Å². The van der Waals surface area contributed by atoms with Crippen molar-refractivity contribution in [2.24, 2.45) is 0 Å². The highest BCUT2D eigenvalue weighted by Crippen LogP contribution is 2.26. The molecule has 0 saturated heterocycles. The largest absolute Gasteiger partial charge is 0.489 e. The summed E-state index contributed by atoms with van der Waals surface area (Å²) in [5, 5.41) is 1.22. The van der Waals surface area contributed by atoms with Gasteiger partial charge >= 0.3 is 0 Å². The lowest BCUT2D eigenvalue weighted by Crippen LogP contribution is -1.99. The summed E-state index contributed by atoms with van der Waals surface area (Å²) in [7, 11) is 0. The Kier molecular flexibility index (Phi) is 4.00. The van der Waals surface area contributed by atoms with Crippen LogP contribution in [0.4, 0.5) is 5.69 Å². The number of halogens is 2. The number of ether oxygens (including phenoxy) is 1. The fourth-order valence-electron chi connectivity index (χ4n) is 1.58. The predicted octanol–water partition coefficient (Wildman–Crippen LogP) is 4.46. The van der Waals surface area contributed by atoms with Crippen LogP contribution in [0, 0.1) is 6.92 Å². The van der Waals surface area contributed by atoms with Crippen LogP contribution < -0.4 is 10.5 Å². The second-order valence-corrected chi connectivity index (χ2v) is 4.84. The lowest BCUT2D eigenvalue weighted by molar-refractivity contribution is 0.304. The molecule has 0 unspecified atom stereocenters. The first kappa shape index (κ1) is 13.1. The molecule has 0 fully saturated rings. The number of benzene rings is 2. The molecule has 2 N–H and O–H groups in total. The summed E-state index contributed by atoms with van der Waals surface area (Å²) in [6.45, 7) is 2.31. The molecule has 0 aliphatic heterocycles. The van der Waals surface area contributed by atoms with Gasteiger partial charge in [0.1, 0.15) is 12.4 Å². The van der Waals surface area contributed by atoms with Crippen LogP contribution in [0.3, 0.4) is 0 Å². The molecule has 0 aliphatic carbocycles. The van der Waals surface area contributed by atoms with Crippen LogP contribution in [0.15, 0.2) is 36.4 Å². The Hall–Kier alpha value is -1.38. The minimum atomic E-state index is 0.389. The highest BCUT2D eigenvalue weighted by atomic mass is 35.5. The van der Waals surface area contributed by atoms with Gasteiger partial charge in [0.25, 0.3) is 0 Å². The maximum absolute atomic E-state index is 6.08. The third-order valence-corrected chi connectivity index (χ3v) is 3.31. The number of anilines is 1. The molecule has 2 aromatic rings. The standard InChI is InChI=1S/C14H13Cl2NO/c1-9-13(17)3-2-4-14(9)18-8-10-5-6-11(15)7-12(10)16/h2-7H,8,17H2,1H3. The molecule has 0 aromatic heterocycles. The third-order valence-electron chi connectivity index (χ3n) is 2.72. The minimum Gasteiger partial charge on any atom is -0.489 e. The Morgan fingerprint density at radius 2 is 1.94 bits per heavy atom. The topological polar surface area (TPSA) is 35.2 Å². The van der Waals surface area contributed by atoms with Crippen LogP contribution >= 0.6 is 23.2 Å². The van der Waals surface area contributed by atoms with Gasteiger partial charge in [0.2, 0.25) is 0 Å². The molecule has 0 amide bonds. The number of nitrogen functional groups attached to an aromatic ring is 1. The van der Waals surface area contributed by atoms with Crippen LogP contribution in [-0.2, 0) is 6.61 Å². The monoisotopic (exact) mass is 281 g/mol. The molecule has 0 heterocycles. The predicted molar refractivity (Wildman–Crippen MR) is 76.4 cm³/mol. The second kappa shape index (κ2) is 5.51.